The fourth-order valence-corrected chi connectivity index (χ4v) is 3.91. The van der Waals surface area contributed by atoms with Crippen molar-refractivity contribution in [2.75, 3.05) is 6.54 Å². The van der Waals surface area contributed by atoms with E-state index in [9.17, 15) is 0 Å². The zero-order valence-electron chi connectivity index (χ0n) is 12.4. The van der Waals surface area contributed by atoms with E-state index in [1.807, 2.05) is 0 Å². The van der Waals surface area contributed by atoms with Crippen LogP contribution in [0.3, 0.4) is 0 Å². The van der Waals surface area contributed by atoms with Crippen molar-refractivity contribution in [3.8, 4) is 0 Å². The number of nitrogens with one attached hydrogen (secondary N) is 1. The lowest BCUT2D eigenvalue weighted by molar-refractivity contribution is 0.155. The number of hydrogen-bond donors (Lipinski definition) is 1. The molecule has 0 aromatic rings. The second kappa shape index (κ2) is 4.91. The van der Waals surface area contributed by atoms with Crippen molar-refractivity contribution in [2.45, 2.75) is 66.3 Å². The summed E-state index contributed by atoms with van der Waals surface area (Å²) in [7, 11) is 0. The predicted octanol–water partition coefficient (Wildman–Crippen LogP) is 4.08. The van der Waals surface area contributed by atoms with Crippen LogP contribution >= 0.6 is 0 Å². The van der Waals surface area contributed by atoms with Gasteiger partial charge in [0.05, 0.1) is 0 Å². The van der Waals surface area contributed by atoms with Crippen LogP contribution in [0.5, 0.6) is 0 Å². The van der Waals surface area contributed by atoms with Gasteiger partial charge in [0.25, 0.3) is 0 Å². The molecular weight excluding hydrogens is 206 g/mol. The average molecular weight is 237 g/mol. The predicted molar refractivity (Wildman–Crippen MR) is 75.0 cm³/mol. The molecule has 0 aromatic heterocycles. The fraction of sp³-hybridized carbons (Fsp3) is 1.00. The van der Waals surface area contributed by atoms with Crippen LogP contribution in [0, 0.1) is 29.1 Å². The van der Waals surface area contributed by atoms with E-state index in [2.05, 4.69) is 39.9 Å². The first kappa shape index (κ1) is 13.4. The van der Waals surface area contributed by atoms with Gasteiger partial charge in [0.1, 0.15) is 0 Å². The summed E-state index contributed by atoms with van der Waals surface area (Å²) in [5.41, 5.74) is 0.610. The molecular formula is C16H31N. The van der Waals surface area contributed by atoms with Crippen LogP contribution < -0.4 is 5.32 Å². The zero-order chi connectivity index (χ0) is 12.6. The van der Waals surface area contributed by atoms with E-state index in [0.29, 0.717) is 5.41 Å². The normalized spacial score (nSPS) is 42.2. The van der Waals surface area contributed by atoms with Gasteiger partial charge in [0.2, 0.25) is 0 Å². The van der Waals surface area contributed by atoms with Crippen LogP contribution in [0.15, 0.2) is 0 Å². The highest BCUT2D eigenvalue weighted by Gasteiger charge is 2.52. The van der Waals surface area contributed by atoms with Gasteiger partial charge >= 0.3 is 0 Å². The summed E-state index contributed by atoms with van der Waals surface area (Å²) in [4.78, 5) is 0. The number of rotatable bonds is 4. The molecule has 5 unspecified atom stereocenters. The highest BCUT2D eigenvalue weighted by Crippen LogP contribution is 2.56. The lowest BCUT2D eigenvalue weighted by Crippen LogP contribution is -2.42. The molecule has 0 aliphatic heterocycles. The smallest absolute Gasteiger partial charge is 0.0129 e. The van der Waals surface area contributed by atoms with Crippen molar-refractivity contribution in [2.24, 2.45) is 29.1 Å². The molecule has 0 saturated heterocycles. The Kier molecular flexibility index (Phi) is 3.87. The van der Waals surface area contributed by atoms with Crippen LogP contribution in [0.2, 0.25) is 0 Å². The Hall–Kier alpha value is -0.0400. The summed E-state index contributed by atoms with van der Waals surface area (Å²) >= 11 is 0. The molecule has 0 heterocycles. The molecule has 0 radical (unpaired) electrons. The molecule has 2 aliphatic rings. The molecule has 5 atom stereocenters. The molecule has 2 aliphatic carbocycles. The van der Waals surface area contributed by atoms with E-state index < -0.39 is 0 Å². The van der Waals surface area contributed by atoms with Gasteiger partial charge in [-0.1, -0.05) is 41.0 Å². The highest BCUT2D eigenvalue weighted by atomic mass is 14.9. The molecule has 17 heavy (non-hydrogen) atoms. The molecule has 0 aromatic carbocycles. The second-order valence-corrected chi connectivity index (χ2v) is 7.41. The Morgan fingerprint density at radius 2 is 1.82 bits per heavy atom. The maximum atomic E-state index is 3.81. The van der Waals surface area contributed by atoms with Crippen molar-refractivity contribution < 1.29 is 0 Å². The quantitative estimate of drug-likeness (QED) is 0.777. The molecule has 1 nitrogen and oxygen atoms in total. The Labute approximate surface area is 108 Å². The summed E-state index contributed by atoms with van der Waals surface area (Å²) in [6, 6.07) is 0.796. The zero-order valence-corrected chi connectivity index (χ0v) is 12.4. The monoisotopic (exact) mass is 237 g/mol. The maximum absolute atomic E-state index is 3.81. The van der Waals surface area contributed by atoms with E-state index in [1.54, 1.807) is 0 Å². The lowest BCUT2D eigenvalue weighted by atomic mass is 9.72. The van der Waals surface area contributed by atoms with Crippen molar-refractivity contribution >= 4 is 0 Å². The third-order valence-corrected chi connectivity index (χ3v) is 5.61. The van der Waals surface area contributed by atoms with E-state index in [0.717, 1.165) is 36.3 Å². The summed E-state index contributed by atoms with van der Waals surface area (Å²) in [6.45, 7) is 13.2. The van der Waals surface area contributed by atoms with Gasteiger partial charge in [-0.25, -0.2) is 0 Å². The standard InChI is InChI=1S/C16H31N/c1-6-17-15(14-10-16(14,4)5)13-8-7-11(2)12(3)9-13/h11-15,17H,6-10H2,1-5H3. The summed E-state index contributed by atoms with van der Waals surface area (Å²) < 4.78 is 0. The van der Waals surface area contributed by atoms with E-state index in [4.69, 9.17) is 0 Å². The van der Waals surface area contributed by atoms with E-state index in [1.165, 1.54) is 25.7 Å². The lowest BCUT2D eigenvalue weighted by Gasteiger charge is -2.38. The van der Waals surface area contributed by atoms with Crippen molar-refractivity contribution in [1.29, 1.82) is 0 Å². The fourth-order valence-electron chi connectivity index (χ4n) is 3.91. The molecule has 1 N–H and O–H groups in total. The molecule has 0 bridgehead atoms. The van der Waals surface area contributed by atoms with Gasteiger partial charge in [-0.2, -0.15) is 0 Å². The highest BCUT2D eigenvalue weighted by molar-refractivity contribution is 5.04. The molecule has 2 saturated carbocycles. The third-order valence-electron chi connectivity index (χ3n) is 5.61. The largest absolute Gasteiger partial charge is 0.314 e. The second-order valence-electron chi connectivity index (χ2n) is 7.41. The molecule has 0 amide bonds. The van der Waals surface area contributed by atoms with Gasteiger partial charge in [-0.05, 0) is 54.9 Å². The first-order valence-corrected chi connectivity index (χ1v) is 7.69. The van der Waals surface area contributed by atoms with Gasteiger partial charge < -0.3 is 5.32 Å². The Balaban J connectivity index is 1.97. The first-order chi connectivity index (χ1) is 7.95. The minimum absolute atomic E-state index is 0.610. The summed E-state index contributed by atoms with van der Waals surface area (Å²) in [5, 5.41) is 3.81. The van der Waals surface area contributed by atoms with Gasteiger partial charge in [0.15, 0.2) is 0 Å². The van der Waals surface area contributed by atoms with Crippen LogP contribution in [0.1, 0.15) is 60.3 Å². The minimum atomic E-state index is 0.610. The van der Waals surface area contributed by atoms with Gasteiger partial charge in [-0.3, -0.25) is 0 Å². The van der Waals surface area contributed by atoms with Crippen LogP contribution in [0.4, 0.5) is 0 Å². The molecule has 2 rings (SSSR count). The minimum Gasteiger partial charge on any atom is -0.314 e. The molecule has 2 fully saturated rings. The maximum Gasteiger partial charge on any atom is 0.0129 e. The van der Waals surface area contributed by atoms with E-state index in [-0.39, 0.29) is 0 Å². The molecule has 1 heteroatoms. The Morgan fingerprint density at radius 3 is 2.29 bits per heavy atom. The first-order valence-electron chi connectivity index (χ1n) is 7.69. The number of hydrogen-bond acceptors (Lipinski definition) is 1. The van der Waals surface area contributed by atoms with E-state index >= 15 is 0 Å². The average Bonchev–Trinajstić information content (AvgIpc) is 2.88. The van der Waals surface area contributed by atoms with Gasteiger partial charge in [0, 0.05) is 6.04 Å². The molecule has 100 valence electrons. The third kappa shape index (κ3) is 2.86. The summed E-state index contributed by atoms with van der Waals surface area (Å²) in [5.74, 6) is 3.75. The van der Waals surface area contributed by atoms with Crippen LogP contribution in [0.25, 0.3) is 0 Å². The Morgan fingerprint density at radius 1 is 1.18 bits per heavy atom. The summed E-state index contributed by atoms with van der Waals surface area (Å²) in [6.07, 6.45) is 5.78. The van der Waals surface area contributed by atoms with Crippen molar-refractivity contribution in [3.05, 3.63) is 0 Å². The topological polar surface area (TPSA) is 12.0 Å². The Bertz CT molecular complexity index is 258. The van der Waals surface area contributed by atoms with Crippen molar-refractivity contribution in [3.63, 3.8) is 0 Å². The van der Waals surface area contributed by atoms with Crippen LogP contribution in [-0.4, -0.2) is 12.6 Å². The molecule has 0 spiro atoms. The van der Waals surface area contributed by atoms with Gasteiger partial charge in [-0.15, -0.1) is 0 Å². The SMILES string of the molecule is CCNC(C1CCC(C)C(C)C1)C1CC1(C)C. The van der Waals surface area contributed by atoms with Crippen molar-refractivity contribution in [1.82, 2.24) is 5.32 Å². The van der Waals surface area contributed by atoms with Crippen LogP contribution in [-0.2, 0) is 0 Å².